The van der Waals surface area contributed by atoms with E-state index in [4.69, 9.17) is 15.0 Å². The van der Waals surface area contributed by atoms with Gasteiger partial charge in [0.05, 0.1) is 16.9 Å². The maximum Gasteiger partial charge on any atom is 0.160 e. The molecule has 0 amide bonds. The van der Waals surface area contributed by atoms with E-state index in [1.165, 1.54) is 20.2 Å². The van der Waals surface area contributed by atoms with Crippen molar-refractivity contribution in [3.63, 3.8) is 0 Å². The number of hydrogen-bond acceptors (Lipinski definition) is 4. The monoisotopic (exact) mass is 591 g/mol. The maximum absolute atomic E-state index is 5.32. The van der Waals surface area contributed by atoms with Crippen LogP contribution in [0.25, 0.3) is 87.0 Å². The van der Waals surface area contributed by atoms with Crippen LogP contribution in [0.1, 0.15) is 0 Å². The minimum absolute atomic E-state index is 0.689. The fraction of sp³-hybridized carbons (Fsp3) is 0. The molecule has 0 radical (unpaired) electrons. The molecule has 6 aromatic carbocycles. The lowest BCUT2D eigenvalue weighted by Crippen LogP contribution is -1.98. The van der Waals surface area contributed by atoms with Crippen molar-refractivity contribution in [3.05, 3.63) is 152 Å². The van der Waals surface area contributed by atoms with Gasteiger partial charge in [-0.05, 0) is 41.5 Å². The van der Waals surface area contributed by atoms with Crippen molar-refractivity contribution in [3.8, 4) is 45.0 Å². The Hall–Kier alpha value is -5.71. The topological polar surface area (TPSA) is 38.7 Å². The predicted octanol–water partition coefficient (Wildman–Crippen LogP) is 11.2. The molecule has 0 atom stereocenters. The molecule has 0 aliphatic rings. The van der Waals surface area contributed by atoms with Gasteiger partial charge in [-0.25, -0.2) is 15.0 Å². The van der Waals surface area contributed by atoms with Gasteiger partial charge in [0, 0.05) is 47.6 Å². The third-order valence-corrected chi connectivity index (χ3v) is 9.63. The van der Waals surface area contributed by atoms with E-state index < -0.39 is 0 Å². The van der Waals surface area contributed by atoms with Gasteiger partial charge in [-0.15, -0.1) is 11.3 Å². The minimum Gasteiger partial charge on any atom is -0.245 e. The number of thiophene rings is 1. The fourth-order valence-corrected chi connectivity index (χ4v) is 7.39. The molecule has 9 aromatic rings. The Morgan fingerprint density at radius 2 is 1.00 bits per heavy atom. The van der Waals surface area contributed by atoms with Crippen LogP contribution in [0.4, 0.5) is 0 Å². The molecule has 0 fully saturated rings. The van der Waals surface area contributed by atoms with Crippen molar-refractivity contribution in [2.45, 2.75) is 0 Å². The first-order valence-corrected chi connectivity index (χ1v) is 15.9. The number of hydrogen-bond donors (Lipinski definition) is 0. The highest BCUT2D eigenvalue weighted by atomic mass is 32.1. The number of benzene rings is 6. The van der Waals surface area contributed by atoms with E-state index in [-0.39, 0.29) is 0 Å². The van der Waals surface area contributed by atoms with E-state index in [0.717, 1.165) is 61.0 Å². The molecule has 0 unspecified atom stereocenters. The molecule has 0 bridgehead atoms. The van der Waals surface area contributed by atoms with Gasteiger partial charge in [0.25, 0.3) is 0 Å². The van der Waals surface area contributed by atoms with E-state index in [0.29, 0.717) is 5.82 Å². The highest BCUT2D eigenvalue weighted by Gasteiger charge is 2.18. The molecular weight excluding hydrogens is 567 g/mol. The van der Waals surface area contributed by atoms with Gasteiger partial charge < -0.3 is 0 Å². The summed E-state index contributed by atoms with van der Waals surface area (Å²) in [7, 11) is 0. The number of nitrogens with zero attached hydrogens (tertiary/aromatic N) is 3. The summed E-state index contributed by atoms with van der Waals surface area (Å²) in [4.78, 5) is 15.8. The van der Waals surface area contributed by atoms with Gasteiger partial charge in [0.1, 0.15) is 5.52 Å². The summed E-state index contributed by atoms with van der Waals surface area (Å²) in [5.41, 5.74) is 8.94. The van der Waals surface area contributed by atoms with Crippen LogP contribution in [0.5, 0.6) is 0 Å². The zero-order chi connectivity index (χ0) is 29.7. The Morgan fingerprint density at radius 1 is 0.378 bits per heavy atom. The summed E-state index contributed by atoms with van der Waals surface area (Å²) in [5, 5.41) is 4.57. The molecule has 3 nitrogen and oxygen atoms in total. The van der Waals surface area contributed by atoms with Gasteiger partial charge in [0.2, 0.25) is 0 Å². The molecule has 0 aliphatic heterocycles. The Labute approximate surface area is 264 Å². The molecule has 3 aromatic heterocycles. The SMILES string of the molecule is c1ccc(-c2cc(-c3ccccc3)c3ccc4c(-c5ccc6sc7ccccc7c6c5)nc(-c5ccccc5)nc4c3n2)cc1. The molecule has 45 heavy (non-hydrogen) atoms. The van der Waals surface area contributed by atoms with Gasteiger partial charge in [-0.2, -0.15) is 0 Å². The summed E-state index contributed by atoms with van der Waals surface area (Å²) in [6, 6.07) is 53.1. The maximum atomic E-state index is 5.32. The van der Waals surface area contributed by atoms with Crippen molar-refractivity contribution in [2.75, 3.05) is 0 Å². The summed E-state index contributed by atoms with van der Waals surface area (Å²) in [5.74, 6) is 0.689. The van der Waals surface area contributed by atoms with Crippen LogP contribution in [0.2, 0.25) is 0 Å². The van der Waals surface area contributed by atoms with Crippen LogP contribution < -0.4 is 0 Å². The highest BCUT2D eigenvalue weighted by Crippen LogP contribution is 2.40. The molecule has 0 aliphatic carbocycles. The van der Waals surface area contributed by atoms with Crippen molar-refractivity contribution in [1.29, 1.82) is 0 Å². The lowest BCUT2D eigenvalue weighted by Gasteiger charge is -2.15. The van der Waals surface area contributed by atoms with E-state index in [2.05, 4.69) is 127 Å². The second-order valence-electron chi connectivity index (χ2n) is 11.2. The summed E-state index contributed by atoms with van der Waals surface area (Å²) in [6.07, 6.45) is 0. The van der Waals surface area contributed by atoms with Gasteiger partial charge in [-0.3, -0.25) is 0 Å². The van der Waals surface area contributed by atoms with Crippen molar-refractivity contribution in [2.24, 2.45) is 0 Å². The summed E-state index contributed by atoms with van der Waals surface area (Å²) >= 11 is 1.83. The van der Waals surface area contributed by atoms with Crippen LogP contribution in [-0.4, -0.2) is 15.0 Å². The zero-order valence-electron chi connectivity index (χ0n) is 24.2. The van der Waals surface area contributed by atoms with Crippen LogP contribution in [0.3, 0.4) is 0 Å². The predicted molar refractivity (Wildman–Crippen MR) is 189 cm³/mol. The Balaban J connectivity index is 1.39. The van der Waals surface area contributed by atoms with Crippen LogP contribution in [0.15, 0.2) is 152 Å². The largest absolute Gasteiger partial charge is 0.245 e. The average Bonchev–Trinajstić information content (AvgIpc) is 3.50. The van der Waals surface area contributed by atoms with E-state index in [1.54, 1.807) is 0 Å². The summed E-state index contributed by atoms with van der Waals surface area (Å²) in [6.45, 7) is 0. The first-order chi connectivity index (χ1) is 22.3. The van der Waals surface area contributed by atoms with E-state index in [9.17, 15) is 0 Å². The second kappa shape index (κ2) is 10.5. The molecule has 3 heterocycles. The molecule has 0 saturated heterocycles. The number of aromatic nitrogens is 3. The minimum atomic E-state index is 0.689. The molecule has 9 rings (SSSR count). The Morgan fingerprint density at radius 3 is 1.78 bits per heavy atom. The molecule has 0 spiro atoms. The normalized spacial score (nSPS) is 11.6. The lowest BCUT2D eigenvalue weighted by atomic mass is 9.96. The Bertz CT molecular complexity index is 2520. The summed E-state index contributed by atoms with van der Waals surface area (Å²) < 4.78 is 2.56. The van der Waals surface area contributed by atoms with Crippen molar-refractivity contribution in [1.82, 2.24) is 15.0 Å². The van der Waals surface area contributed by atoms with Gasteiger partial charge in [-0.1, -0.05) is 121 Å². The quantitative estimate of drug-likeness (QED) is 0.191. The first kappa shape index (κ1) is 25.8. The average molecular weight is 592 g/mol. The van der Waals surface area contributed by atoms with Crippen LogP contribution in [0, 0.1) is 0 Å². The third-order valence-electron chi connectivity index (χ3n) is 8.48. The van der Waals surface area contributed by atoms with E-state index in [1.807, 2.05) is 35.6 Å². The fourth-order valence-electron chi connectivity index (χ4n) is 6.30. The lowest BCUT2D eigenvalue weighted by molar-refractivity contribution is 1.23. The number of pyridine rings is 1. The van der Waals surface area contributed by atoms with Gasteiger partial charge >= 0.3 is 0 Å². The number of fused-ring (bicyclic) bond motifs is 6. The van der Waals surface area contributed by atoms with E-state index >= 15 is 0 Å². The zero-order valence-corrected chi connectivity index (χ0v) is 25.0. The molecular formula is C41H25N3S. The van der Waals surface area contributed by atoms with Crippen molar-refractivity contribution < 1.29 is 0 Å². The van der Waals surface area contributed by atoms with Crippen molar-refractivity contribution >= 4 is 53.3 Å². The van der Waals surface area contributed by atoms with Crippen LogP contribution in [-0.2, 0) is 0 Å². The number of rotatable bonds is 4. The highest BCUT2D eigenvalue weighted by molar-refractivity contribution is 7.25. The molecule has 0 N–H and O–H groups in total. The molecule has 0 saturated carbocycles. The smallest absolute Gasteiger partial charge is 0.160 e. The standard InChI is InChI=1S/C41H25N3S/c1-4-12-26(13-5-1)33-25-35(27-14-6-2-7-15-27)42-39-31(33)21-22-32-38(43-41(44-40(32)39)28-16-8-3-9-17-28)29-20-23-37-34(24-29)30-18-10-11-19-36(30)45-37/h1-25H. The Kier molecular flexibility index (Phi) is 6.00. The second-order valence-corrected chi connectivity index (χ2v) is 12.3. The molecule has 210 valence electrons. The first-order valence-electron chi connectivity index (χ1n) is 15.0. The molecule has 4 heteroatoms. The van der Waals surface area contributed by atoms with Gasteiger partial charge in [0.15, 0.2) is 5.82 Å². The third kappa shape index (κ3) is 4.38. The van der Waals surface area contributed by atoms with Crippen LogP contribution >= 0.6 is 11.3 Å².